The van der Waals surface area contributed by atoms with E-state index in [9.17, 15) is 17.4 Å². The molecule has 2 aromatic rings. The van der Waals surface area contributed by atoms with Crippen molar-refractivity contribution in [3.05, 3.63) is 59.9 Å². The fourth-order valence-electron chi connectivity index (χ4n) is 3.06. The number of ether oxygens (including phenoxy) is 1. The lowest BCUT2D eigenvalue weighted by atomic mass is 10.1. The molecule has 0 amide bonds. The number of nitrogens with one attached hydrogen (secondary N) is 1. The molecule has 2 N–H and O–H groups in total. The van der Waals surface area contributed by atoms with E-state index < -0.39 is 10.3 Å². The Labute approximate surface area is 152 Å². The predicted octanol–water partition coefficient (Wildman–Crippen LogP) is 2.77. The van der Waals surface area contributed by atoms with Crippen molar-refractivity contribution in [2.45, 2.75) is 25.5 Å². The van der Waals surface area contributed by atoms with Crippen LogP contribution in [-0.2, 0) is 16.9 Å². The Balaban J connectivity index is 1.72. The monoisotopic (exact) mass is 380 g/mol. The van der Waals surface area contributed by atoms with Gasteiger partial charge in [0.25, 0.3) is 0 Å². The minimum atomic E-state index is -4.37. The largest absolute Gasteiger partial charge is 0.489 e. The van der Waals surface area contributed by atoms with Gasteiger partial charge in [-0.1, -0.05) is 12.1 Å². The first-order chi connectivity index (χ1) is 12.4. The lowest BCUT2D eigenvalue weighted by Crippen LogP contribution is -2.46. The fourth-order valence-corrected chi connectivity index (χ4v) is 4.03. The number of hydrogen-bond donors (Lipinski definition) is 2. The van der Waals surface area contributed by atoms with Crippen LogP contribution in [0.4, 0.5) is 10.1 Å². The van der Waals surface area contributed by atoms with Crippen LogP contribution in [0.3, 0.4) is 0 Å². The Kier molecular flexibility index (Phi) is 5.75. The first-order valence-corrected chi connectivity index (χ1v) is 9.78. The summed E-state index contributed by atoms with van der Waals surface area (Å²) < 4.78 is 53.2. The zero-order valence-electron chi connectivity index (χ0n) is 14.1. The van der Waals surface area contributed by atoms with Crippen molar-refractivity contribution in [3.63, 3.8) is 0 Å². The summed E-state index contributed by atoms with van der Waals surface area (Å²) in [6, 6.07) is 12.3. The average molecular weight is 380 g/mol. The highest BCUT2D eigenvalue weighted by molar-refractivity contribution is 7.87. The molecule has 0 saturated carbocycles. The molecule has 1 heterocycles. The van der Waals surface area contributed by atoms with Gasteiger partial charge in [-0.25, -0.2) is 8.70 Å². The molecule has 0 radical (unpaired) electrons. The molecule has 0 aromatic heterocycles. The van der Waals surface area contributed by atoms with Crippen LogP contribution in [0.15, 0.2) is 48.5 Å². The zero-order valence-corrected chi connectivity index (χ0v) is 15.0. The molecule has 140 valence electrons. The summed E-state index contributed by atoms with van der Waals surface area (Å²) >= 11 is 0. The topological polar surface area (TPSA) is 78.9 Å². The van der Waals surface area contributed by atoms with Crippen LogP contribution in [0.25, 0.3) is 0 Å². The van der Waals surface area contributed by atoms with E-state index in [2.05, 4.69) is 5.32 Å². The third kappa shape index (κ3) is 4.72. The quantitative estimate of drug-likeness (QED) is 0.754. The maximum Gasteiger partial charge on any atom is 0.360 e. The molecule has 8 heteroatoms. The molecule has 1 saturated heterocycles. The Bertz CT molecular complexity index is 837. The van der Waals surface area contributed by atoms with Gasteiger partial charge in [-0.05, 0) is 67.9 Å². The highest BCUT2D eigenvalue weighted by atomic mass is 32.2. The summed E-state index contributed by atoms with van der Waals surface area (Å²) in [6.07, 6.45) is 1.25. The van der Waals surface area contributed by atoms with Gasteiger partial charge in [0.1, 0.15) is 18.2 Å². The van der Waals surface area contributed by atoms with E-state index in [-0.39, 0.29) is 18.5 Å². The van der Waals surface area contributed by atoms with E-state index >= 15 is 0 Å². The second kappa shape index (κ2) is 8.03. The molecule has 0 bridgehead atoms. The molecule has 1 aliphatic heterocycles. The minimum Gasteiger partial charge on any atom is -0.489 e. The SMILES string of the molecule is O=S(=O)(O)N(c1ccc(OCc2cccc(F)c2)cc1)C1CCNCC1. The molecule has 0 aliphatic carbocycles. The van der Waals surface area contributed by atoms with Gasteiger partial charge in [0.2, 0.25) is 0 Å². The Morgan fingerprint density at radius 3 is 2.46 bits per heavy atom. The van der Waals surface area contributed by atoms with Crippen molar-refractivity contribution in [1.29, 1.82) is 0 Å². The molecule has 0 unspecified atom stereocenters. The first kappa shape index (κ1) is 18.6. The normalized spacial score (nSPS) is 15.6. The summed E-state index contributed by atoms with van der Waals surface area (Å²) in [5, 5.41) is 3.17. The maximum absolute atomic E-state index is 13.2. The van der Waals surface area contributed by atoms with Crippen molar-refractivity contribution >= 4 is 16.0 Å². The van der Waals surface area contributed by atoms with Crippen molar-refractivity contribution < 1.29 is 22.1 Å². The first-order valence-electron chi connectivity index (χ1n) is 8.38. The molecule has 1 fully saturated rings. The van der Waals surface area contributed by atoms with Gasteiger partial charge >= 0.3 is 10.3 Å². The molecule has 6 nitrogen and oxygen atoms in total. The van der Waals surface area contributed by atoms with E-state index in [4.69, 9.17) is 4.74 Å². The number of benzene rings is 2. The lowest BCUT2D eigenvalue weighted by molar-refractivity contribution is 0.305. The molecular weight excluding hydrogens is 359 g/mol. The zero-order chi connectivity index (χ0) is 18.6. The van der Waals surface area contributed by atoms with Crippen molar-refractivity contribution in [2.75, 3.05) is 17.4 Å². The van der Waals surface area contributed by atoms with E-state index in [0.29, 0.717) is 42.9 Å². The van der Waals surface area contributed by atoms with E-state index in [1.165, 1.54) is 12.1 Å². The Hall–Kier alpha value is -2.16. The van der Waals surface area contributed by atoms with Crippen molar-refractivity contribution in [1.82, 2.24) is 5.32 Å². The number of piperidine rings is 1. The number of nitrogens with zero attached hydrogens (tertiary/aromatic N) is 1. The molecule has 3 rings (SSSR count). The van der Waals surface area contributed by atoms with E-state index in [0.717, 1.165) is 4.31 Å². The Morgan fingerprint density at radius 1 is 1.15 bits per heavy atom. The standard InChI is InChI=1S/C18H21FN2O4S/c19-15-3-1-2-14(12-15)13-25-18-6-4-16(5-7-18)21(26(22,23)24)17-8-10-20-11-9-17/h1-7,12,17,20H,8-11,13H2,(H,22,23,24). The number of anilines is 1. The van der Waals surface area contributed by atoms with E-state index in [1.807, 2.05) is 0 Å². The van der Waals surface area contributed by atoms with Gasteiger partial charge in [-0.2, -0.15) is 8.42 Å². The van der Waals surface area contributed by atoms with Gasteiger partial charge in [0, 0.05) is 6.04 Å². The molecule has 26 heavy (non-hydrogen) atoms. The van der Waals surface area contributed by atoms with Gasteiger partial charge in [0.15, 0.2) is 0 Å². The predicted molar refractivity (Wildman–Crippen MR) is 97.1 cm³/mol. The molecule has 0 atom stereocenters. The lowest BCUT2D eigenvalue weighted by Gasteiger charge is -2.33. The Morgan fingerprint density at radius 2 is 1.85 bits per heavy atom. The number of rotatable bonds is 6. The minimum absolute atomic E-state index is 0.202. The van der Waals surface area contributed by atoms with Crippen LogP contribution in [-0.4, -0.2) is 32.1 Å². The van der Waals surface area contributed by atoms with Gasteiger partial charge < -0.3 is 10.1 Å². The summed E-state index contributed by atoms with van der Waals surface area (Å²) in [4.78, 5) is 0. The highest BCUT2D eigenvalue weighted by Gasteiger charge is 2.29. The van der Waals surface area contributed by atoms with Crippen molar-refractivity contribution in [2.24, 2.45) is 0 Å². The van der Waals surface area contributed by atoms with Crippen LogP contribution in [0.2, 0.25) is 0 Å². The average Bonchev–Trinajstić information content (AvgIpc) is 2.61. The molecule has 2 aromatic carbocycles. The number of hydrogen-bond acceptors (Lipinski definition) is 4. The van der Waals surface area contributed by atoms with Crippen molar-refractivity contribution in [3.8, 4) is 5.75 Å². The molecule has 1 aliphatic rings. The van der Waals surface area contributed by atoms with Crippen LogP contribution in [0.5, 0.6) is 5.75 Å². The van der Waals surface area contributed by atoms with Gasteiger partial charge in [0.05, 0.1) is 5.69 Å². The smallest absolute Gasteiger partial charge is 0.360 e. The third-order valence-corrected chi connectivity index (χ3v) is 5.28. The highest BCUT2D eigenvalue weighted by Crippen LogP contribution is 2.27. The van der Waals surface area contributed by atoms with Crippen LogP contribution >= 0.6 is 0 Å². The van der Waals surface area contributed by atoms with Crippen LogP contribution < -0.4 is 14.4 Å². The summed E-state index contributed by atoms with van der Waals surface area (Å²) in [6.45, 7) is 1.60. The summed E-state index contributed by atoms with van der Waals surface area (Å²) in [7, 11) is -4.37. The second-order valence-electron chi connectivity index (χ2n) is 6.17. The van der Waals surface area contributed by atoms with Crippen LogP contribution in [0.1, 0.15) is 18.4 Å². The summed E-state index contributed by atoms with van der Waals surface area (Å²) in [5.41, 5.74) is 1.08. The second-order valence-corrected chi connectivity index (χ2v) is 7.46. The third-order valence-electron chi connectivity index (χ3n) is 4.27. The van der Waals surface area contributed by atoms with E-state index in [1.54, 1.807) is 36.4 Å². The molecule has 0 spiro atoms. The maximum atomic E-state index is 13.2. The summed E-state index contributed by atoms with van der Waals surface area (Å²) in [5.74, 6) is 0.200. The van der Waals surface area contributed by atoms with Gasteiger partial charge in [-0.3, -0.25) is 4.55 Å². The number of halogens is 1. The van der Waals surface area contributed by atoms with Crippen LogP contribution in [0, 0.1) is 5.82 Å². The molecular formula is C18H21FN2O4S. The fraction of sp³-hybridized carbons (Fsp3) is 0.333. The van der Waals surface area contributed by atoms with Gasteiger partial charge in [-0.15, -0.1) is 0 Å².